The van der Waals surface area contributed by atoms with E-state index in [1.54, 1.807) is 18.2 Å². The summed E-state index contributed by atoms with van der Waals surface area (Å²) in [5.74, 6) is -0.767. The van der Waals surface area contributed by atoms with E-state index in [1.807, 2.05) is 0 Å². The molecule has 2 N–H and O–H groups in total. The lowest BCUT2D eigenvalue weighted by molar-refractivity contribution is -0.117. The summed E-state index contributed by atoms with van der Waals surface area (Å²) < 4.78 is 10.7. The van der Waals surface area contributed by atoms with E-state index in [2.05, 4.69) is 0 Å². The molecule has 0 saturated heterocycles. The van der Waals surface area contributed by atoms with Crippen LogP contribution in [0.5, 0.6) is 17.2 Å². The smallest absolute Gasteiger partial charge is 0.294 e. The van der Waals surface area contributed by atoms with E-state index in [-0.39, 0.29) is 11.3 Å². The van der Waals surface area contributed by atoms with Gasteiger partial charge in [-0.15, -0.1) is 0 Å². The molecular formula is C20H19NO6. The summed E-state index contributed by atoms with van der Waals surface area (Å²) in [7, 11) is 2.98. The monoisotopic (exact) mass is 369 g/mol. The van der Waals surface area contributed by atoms with Crippen LogP contribution in [0, 0.1) is 0 Å². The minimum atomic E-state index is -0.899. The number of aromatic hydroxyl groups is 1. The highest BCUT2D eigenvalue weighted by Gasteiger charge is 2.44. The van der Waals surface area contributed by atoms with Crippen LogP contribution in [0.4, 0.5) is 5.69 Å². The third-order valence-corrected chi connectivity index (χ3v) is 4.45. The van der Waals surface area contributed by atoms with Gasteiger partial charge in [0.15, 0.2) is 11.5 Å². The first-order valence-electron chi connectivity index (χ1n) is 8.17. The van der Waals surface area contributed by atoms with Gasteiger partial charge in [0.05, 0.1) is 25.8 Å². The van der Waals surface area contributed by atoms with Crippen LogP contribution in [0.2, 0.25) is 0 Å². The molecule has 27 heavy (non-hydrogen) atoms. The Morgan fingerprint density at radius 1 is 1.04 bits per heavy atom. The number of rotatable bonds is 5. The molecule has 1 atom stereocenters. The average Bonchev–Trinajstić information content (AvgIpc) is 2.93. The number of aliphatic hydroxyl groups excluding tert-OH is 1. The average molecular weight is 369 g/mol. The molecule has 2 aromatic rings. The van der Waals surface area contributed by atoms with Crippen LogP contribution in [-0.2, 0) is 9.59 Å². The number of hydrogen-bond acceptors (Lipinski definition) is 6. The maximum Gasteiger partial charge on any atom is 0.294 e. The largest absolute Gasteiger partial charge is 0.508 e. The second-order valence-corrected chi connectivity index (χ2v) is 6.02. The predicted molar refractivity (Wildman–Crippen MR) is 98.2 cm³/mol. The van der Waals surface area contributed by atoms with E-state index in [9.17, 15) is 19.8 Å². The summed E-state index contributed by atoms with van der Waals surface area (Å²) in [6.45, 7) is 1.29. The van der Waals surface area contributed by atoms with Crippen molar-refractivity contribution in [1.82, 2.24) is 0 Å². The Morgan fingerprint density at radius 2 is 1.70 bits per heavy atom. The summed E-state index contributed by atoms with van der Waals surface area (Å²) in [6, 6.07) is 10.0. The Morgan fingerprint density at radius 3 is 2.26 bits per heavy atom. The topological polar surface area (TPSA) is 96.3 Å². The summed E-state index contributed by atoms with van der Waals surface area (Å²) in [4.78, 5) is 26.3. The highest BCUT2D eigenvalue weighted by atomic mass is 16.5. The van der Waals surface area contributed by atoms with Crippen LogP contribution in [0.15, 0.2) is 53.8 Å². The molecule has 3 rings (SSSR count). The molecule has 0 unspecified atom stereocenters. The number of aliphatic hydroxyl groups is 1. The molecule has 0 aliphatic carbocycles. The van der Waals surface area contributed by atoms with E-state index >= 15 is 0 Å². The third kappa shape index (κ3) is 3.08. The summed E-state index contributed by atoms with van der Waals surface area (Å²) in [5, 5.41) is 19.9. The molecule has 1 heterocycles. The molecule has 2 aromatic carbocycles. The zero-order chi connectivity index (χ0) is 19.7. The lowest BCUT2D eigenvalue weighted by atomic mass is 9.95. The van der Waals surface area contributed by atoms with Crippen molar-refractivity contribution in [2.45, 2.75) is 13.0 Å². The number of carbonyl (C=O) groups excluding carboxylic acids is 2. The lowest BCUT2D eigenvalue weighted by Crippen LogP contribution is -2.31. The molecule has 7 nitrogen and oxygen atoms in total. The minimum absolute atomic E-state index is 0.0281. The number of anilines is 1. The second-order valence-electron chi connectivity index (χ2n) is 6.02. The molecular weight excluding hydrogens is 350 g/mol. The fourth-order valence-corrected chi connectivity index (χ4v) is 3.19. The normalized spacial score (nSPS) is 16.6. The van der Waals surface area contributed by atoms with E-state index in [1.165, 1.54) is 50.3 Å². The Bertz CT molecular complexity index is 932. The van der Waals surface area contributed by atoms with E-state index in [4.69, 9.17) is 9.47 Å². The number of carbonyl (C=O) groups is 2. The van der Waals surface area contributed by atoms with Gasteiger partial charge >= 0.3 is 0 Å². The van der Waals surface area contributed by atoms with Crippen LogP contribution >= 0.6 is 0 Å². The van der Waals surface area contributed by atoms with Crippen LogP contribution in [0.3, 0.4) is 0 Å². The lowest BCUT2D eigenvalue weighted by Gasteiger charge is -2.28. The third-order valence-electron chi connectivity index (χ3n) is 4.45. The molecule has 7 heteroatoms. The van der Waals surface area contributed by atoms with Crippen LogP contribution in [0.1, 0.15) is 18.5 Å². The Balaban J connectivity index is 2.25. The van der Waals surface area contributed by atoms with Gasteiger partial charge in [-0.1, -0.05) is 0 Å². The van der Waals surface area contributed by atoms with Crippen molar-refractivity contribution in [3.05, 3.63) is 59.4 Å². The van der Waals surface area contributed by atoms with E-state index < -0.39 is 23.5 Å². The van der Waals surface area contributed by atoms with Crippen LogP contribution in [-0.4, -0.2) is 36.1 Å². The number of Topliss-reactive ketones (excluding diaryl/α,β-unsaturated/α-hetero) is 1. The van der Waals surface area contributed by atoms with Gasteiger partial charge in [0.2, 0.25) is 0 Å². The van der Waals surface area contributed by atoms with Gasteiger partial charge in [-0.2, -0.15) is 0 Å². The van der Waals surface area contributed by atoms with Gasteiger partial charge in [0.1, 0.15) is 17.2 Å². The second kappa shape index (κ2) is 7.03. The number of benzene rings is 2. The first-order chi connectivity index (χ1) is 12.9. The molecule has 0 bridgehead atoms. The quantitative estimate of drug-likeness (QED) is 0.841. The van der Waals surface area contributed by atoms with Crippen molar-refractivity contribution >= 4 is 17.4 Å². The van der Waals surface area contributed by atoms with Gasteiger partial charge in [-0.25, -0.2) is 0 Å². The number of amides is 1. The van der Waals surface area contributed by atoms with Gasteiger partial charge in [0, 0.05) is 11.3 Å². The maximum absolute atomic E-state index is 12.8. The predicted octanol–water partition coefficient (Wildman–Crippen LogP) is 2.90. The first-order valence-corrected chi connectivity index (χ1v) is 8.17. The summed E-state index contributed by atoms with van der Waals surface area (Å²) in [5.41, 5.74) is 0.877. The van der Waals surface area contributed by atoms with Crippen molar-refractivity contribution < 1.29 is 29.3 Å². The molecule has 1 aliphatic rings. The summed E-state index contributed by atoms with van der Waals surface area (Å²) in [6.07, 6.45) is 0. The number of ether oxygens (including phenoxy) is 2. The fraction of sp³-hybridized carbons (Fsp3) is 0.200. The Labute approximate surface area is 156 Å². The SMILES string of the molecule is COc1ccc(OC)c([C@H]2C(C(C)=O)=C(O)C(=O)N2c2ccc(O)cc2)c1. The molecule has 0 spiro atoms. The van der Waals surface area contributed by atoms with Gasteiger partial charge in [-0.3, -0.25) is 14.5 Å². The maximum atomic E-state index is 12.8. The van der Waals surface area contributed by atoms with E-state index in [0.717, 1.165) is 0 Å². The highest BCUT2D eigenvalue weighted by molar-refractivity contribution is 6.16. The van der Waals surface area contributed by atoms with Crippen molar-refractivity contribution in [3.63, 3.8) is 0 Å². The zero-order valence-corrected chi connectivity index (χ0v) is 15.1. The standard InChI is InChI=1S/C20H19NO6/c1-11(22)17-18(15-10-14(26-2)8-9-16(15)27-3)21(20(25)19(17)24)12-4-6-13(23)7-5-12/h4-10,18,23-24H,1-3H3/t18-/m0/s1. The summed E-state index contributed by atoms with van der Waals surface area (Å²) >= 11 is 0. The number of ketones is 1. The Hall–Kier alpha value is -3.48. The number of hydrogen-bond donors (Lipinski definition) is 2. The van der Waals surface area contributed by atoms with E-state index in [0.29, 0.717) is 22.7 Å². The van der Waals surface area contributed by atoms with Crippen LogP contribution in [0.25, 0.3) is 0 Å². The van der Waals surface area contributed by atoms with Crippen molar-refractivity contribution in [3.8, 4) is 17.2 Å². The highest BCUT2D eigenvalue weighted by Crippen LogP contribution is 2.45. The molecule has 0 radical (unpaired) electrons. The molecule has 140 valence electrons. The van der Waals surface area contributed by atoms with Gasteiger partial charge in [0.25, 0.3) is 5.91 Å². The first kappa shape index (κ1) is 18.3. The number of nitrogens with zero attached hydrogens (tertiary/aromatic N) is 1. The van der Waals surface area contributed by atoms with Gasteiger partial charge in [-0.05, 0) is 49.4 Å². The van der Waals surface area contributed by atoms with Crippen LogP contribution < -0.4 is 14.4 Å². The Kier molecular flexibility index (Phi) is 4.77. The molecule has 1 amide bonds. The molecule has 0 fully saturated rings. The minimum Gasteiger partial charge on any atom is -0.508 e. The fourth-order valence-electron chi connectivity index (χ4n) is 3.19. The number of phenols is 1. The van der Waals surface area contributed by atoms with Crippen molar-refractivity contribution in [2.75, 3.05) is 19.1 Å². The number of methoxy groups -OCH3 is 2. The van der Waals surface area contributed by atoms with Crippen molar-refractivity contribution in [2.24, 2.45) is 0 Å². The molecule has 0 saturated carbocycles. The molecule has 0 aromatic heterocycles. The van der Waals surface area contributed by atoms with Gasteiger partial charge < -0.3 is 19.7 Å². The van der Waals surface area contributed by atoms with Crippen molar-refractivity contribution in [1.29, 1.82) is 0 Å². The number of phenolic OH excluding ortho intramolecular Hbond substituents is 1. The zero-order valence-electron chi connectivity index (χ0n) is 15.1. The molecule has 1 aliphatic heterocycles.